The zero-order valence-electron chi connectivity index (χ0n) is 15.1. The number of hydrogen-bond donors (Lipinski definition) is 2. The molecule has 0 fully saturated rings. The Morgan fingerprint density at radius 2 is 1.72 bits per heavy atom. The number of halogens is 1. The smallest absolute Gasteiger partial charge is 0.273 e. The van der Waals surface area contributed by atoms with E-state index in [0.717, 1.165) is 10.2 Å². The molecule has 0 unspecified atom stereocenters. The van der Waals surface area contributed by atoms with E-state index < -0.39 is 17.0 Å². The molecule has 0 bridgehead atoms. The van der Waals surface area contributed by atoms with Crippen molar-refractivity contribution < 1.29 is 9.21 Å². The normalized spacial score (nSPS) is 10.9. The Hall–Kier alpha value is -3.58. The quantitative estimate of drug-likeness (QED) is 0.529. The van der Waals surface area contributed by atoms with E-state index in [2.05, 4.69) is 10.4 Å². The van der Waals surface area contributed by atoms with Gasteiger partial charge < -0.3 is 9.73 Å². The Balaban J connectivity index is 1.44. The van der Waals surface area contributed by atoms with Crippen molar-refractivity contribution in [3.63, 3.8) is 0 Å². The fourth-order valence-electron chi connectivity index (χ4n) is 2.99. The summed E-state index contributed by atoms with van der Waals surface area (Å²) in [5.41, 5.74) is 0.0114. The van der Waals surface area contributed by atoms with Gasteiger partial charge in [-0.1, -0.05) is 23.7 Å². The van der Waals surface area contributed by atoms with Crippen LogP contribution in [0.5, 0.6) is 0 Å². The van der Waals surface area contributed by atoms with Gasteiger partial charge in [-0.2, -0.15) is 0 Å². The molecule has 2 aromatic carbocycles. The molecule has 7 nitrogen and oxygen atoms in total. The monoisotopic (exact) mass is 409 g/mol. The number of carbonyl (C=O) groups is 1. The van der Waals surface area contributed by atoms with Gasteiger partial charge >= 0.3 is 0 Å². The average Bonchev–Trinajstić information content (AvgIpc) is 3.20. The predicted molar refractivity (Wildman–Crippen MR) is 110 cm³/mol. The van der Waals surface area contributed by atoms with Crippen molar-refractivity contribution in [1.29, 1.82) is 0 Å². The maximum atomic E-state index is 12.5. The minimum atomic E-state index is -0.432. The summed E-state index contributed by atoms with van der Waals surface area (Å²) in [6.07, 6.45) is 0. The summed E-state index contributed by atoms with van der Waals surface area (Å²) in [6.45, 7) is -0.150. The van der Waals surface area contributed by atoms with Gasteiger partial charge in [0.2, 0.25) is 5.91 Å². The number of rotatable bonds is 5. The van der Waals surface area contributed by atoms with Crippen LogP contribution in [0.1, 0.15) is 5.76 Å². The number of furan rings is 1. The van der Waals surface area contributed by atoms with Gasteiger partial charge in [0.15, 0.2) is 0 Å². The number of nitrogens with zero attached hydrogens (tertiary/aromatic N) is 1. The molecular weight excluding hydrogens is 394 g/mol. The highest BCUT2D eigenvalue weighted by Crippen LogP contribution is 2.23. The van der Waals surface area contributed by atoms with Crippen molar-refractivity contribution in [3.05, 3.63) is 92.2 Å². The van der Waals surface area contributed by atoms with Crippen LogP contribution < -0.4 is 16.4 Å². The second-order valence-electron chi connectivity index (χ2n) is 6.43. The Labute approximate surface area is 169 Å². The first kappa shape index (κ1) is 18.8. The van der Waals surface area contributed by atoms with Crippen molar-refractivity contribution in [1.82, 2.24) is 15.1 Å². The molecule has 0 aliphatic heterocycles. The van der Waals surface area contributed by atoms with Crippen LogP contribution in [0, 0.1) is 0 Å². The number of aromatic amines is 1. The van der Waals surface area contributed by atoms with Crippen LogP contribution in [0.4, 0.5) is 0 Å². The highest BCUT2D eigenvalue weighted by Gasteiger charge is 2.11. The largest absolute Gasteiger partial charge is 0.459 e. The summed E-state index contributed by atoms with van der Waals surface area (Å²) >= 11 is 5.88. The average molecular weight is 410 g/mol. The van der Waals surface area contributed by atoms with Gasteiger partial charge in [0, 0.05) is 10.6 Å². The molecule has 4 rings (SSSR count). The van der Waals surface area contributed by atoms with Crippen molar-refractivity contribution in [3.8, 4) is 11.3 Å². The van der Waals surface area contributed by atoms with Crippen molar-refractivity contribution in [2.24, 2.45) is 0 Å². The molecule has 1 amide bonds. The van der Waals surface area contributed by atoms with E-state index in [-0.39, 0.29) is 18.5 Å². The third kappa shape index (κ3) is 4.00. The van der Waals surface area contributed by atoms with Crippen LogP contribution in [-0.4, -0.2) is 15.7 Å². The van der Waals surface area contributed by atoms with Crippen molar-refractivity contribution in [2.75, 3.05) is 0 Å². The number of fused-ring (bicyclic) bond motifs is 1. The second-order valence-corrected chi connectivity index (χ2v) is 6.86. The summed E-state index contributed by atoms with van der Waals surface area (Å²) in [5, 5.41) is 6.30. The molecule has 0 saturated carbocycles. The van der Waals surface area contributed by atoms with Gasteiger partial charge in [-0.15, -0.1) is 0 Å². The van der Waals surface area contributed by atoms with Gasteiger partial charge in [-0.05, 0) is 48.5 Å². The molecule has 0 spiro atoms. The molecule has 0 aliphatic carbocycles. The molecule has 0 radical (unpaired) electrons. The number of H-pyrrole nitrogens is 1. The third-order valence-electron chi connectivity index (χ3n) is 4.44. The van der Waals surface area contributed by atoms with Crippen LogP contribution in [0.15, 0.2) is 74.7 Å². The van der Waals surface area contributed by atoms with E-state index in [9.17, 15) is 14.4 Å². The summed E-state index contributed by atoms with van der Waals surface area (Å²) < 4.78 is 6.73. The Bertz CT molecular complexity index is 1300. The summed E-state index contributed by atoms with van der Waals surface area (Å²) in [5.74, 6) is 0.783. The highest BCUT2D eigenvalue weighted by atomic mass is 35.5. The first-order valence-electron chi connectivity index (χ1n) is 8.84. The van der Waals surface area contributed by atoms with Crippen molar-refractivity contribution >= 4 is 28.3 Å². The predicted octanol–water partition coefficient (Wildman–Crippen LogP) is 2.92. The lowest BCUT2D eigenvalue weighted by molar-refractivity contribution is -0.122. The Morgan fingerprint density at radius 1 is 1.00 bits per heavy atom. The zero-order chi connectivity index (χ0) is 20.4. The molecule has 4 aromatic rings. The summed E-state index contributed by atoms with van der Waals surface area (Å²) in [6, 6.07) is 17.2. The number of carbonyl (C=O) groups excluding carboxylic acids is 1. The van der Waals surface area contributed by atoms with Gasteiger partial charge in [0.1, 0.15) is 18.1 Å². The van der Waals surface area contributed by atoms with Crippen LogP contribution in [0.25, 0.3) is 22.1 Å². The molecule has 146 valence electrons. The molecule has 8 heteroatoms. The molecule has 29 heavy (non-hydrogen) atoms. The van der Waals surface area contributed by atoms with Crippen LogP contribution in [0.3, 0.4) is 0 Å². The first-order chi connectivity index (χ1) is 14.0. The Morgan fingerprint density at radius 3 is 2.48 bits per heavy atom. The zero-order valence-corrected chi connectivity index (χ0v) is 15.9. The fraction of sp³-hybridized carbons (Fsp3) is 0.0952. The van der Waals surface area contributed by atoms with Crippen LogP contribution in [0.2, 0.25) is 5.02 Å². The summed E-state index contributed by atoms with van der Waals surface area (Å²) in [7, 11) is 0. The van der Waals surface area contributed by atoms with Crippen LogP contribution >= 0.6 is 11.6 Å². The number of nitrogens with one attached hydrogen (secondary N) is 2. The topological polar surface area (TPSA) is 97.1 Å². The Kier molecular flexibility index (Phi) is 5.05. The number of hydrogen-bond acceptors (Lipinski definition) is 4. The fourth-order valence-corrected chi connectivity index (χ4v) is 3.11. The molecule has 2 aromatic heterocycles. The SMILES string of the molecule is O=C(Cn1[nH]c(=O)c2ccccc2c1=O)NCc1ccc(-c2ccc(Cl)cc2)o1. The van der Waals surface area contributed by atoms with E-state index in [0.29, 0.717) is 21.9 Å². The summed E-state index contributed by atoms with van der Waals surface area (Å²) in [4.78, 5) is 36.8. The van der Waals surface area contributed by atoms with Gasteiger partial charge in [0.25, 0.3) is 11.1 Å². The molecular formula is C21H16ClN3O4. The molecule has 0 aliphatic rings. The number of amides is 1. The first-order valence-corrected chi connectivity index (χ1v) is 9.22. The lowest BCUT2D eigenvalue weighted by atomic mass is 10.2. The number of aromatic nitrogens is 2. The van der Waals surface area contributed by atoms with Crippen LogP contribution in [-0.2, 0) is 17.9 Å². The van der Waals surface area contributed by atoms with E-state index in [4.69, 9.17) is 16.0 Å². The van der Waals surface area contributed by atoms with Gasteiger partial charge in [-0.25, -0.2) is 4.68 Å². The van der Waals surface area contributed by atoms with Crippen molar-refractivity contribution in [2.45, 2.75) is 13.1 Å². The second kappa shape index (κ2) is 7.81. The maximum absolute atomic E-state index is 12.5. The number of benzene rings is 2. The lowest BCUT2D eigenvalue weighted by Crippen LogP contribution is -2.36. The standard InChI is InChI=1S/C21H16ClN3O4/c22-14-7-5-13(6-8-14)18-10-9-15(29-18)11-23-19(26)12-25-21(28)17-4-2-1-3-16(17)20(27)24-25/h1-10H,11-12H2,(H,23,26)(H,24,27). The molecule has 2 heterocycles. The third-order valence-corrected chi connectivity index (χ3v) is 4.69. The molecule has 2 N–H and O–H groups in total. The molecule has 0 saturated heterocycles. The van der Waals surface area contributed by atoms with Gasteiger partial charge in [0.05, 0.1) is 17.3 Å². The van der Waals surface area contributed by atoms with E-state index in [1.807, 2.05) is 12.1 Å². The minimum Gasteiger partial charge on any atom is -0.459 e. The maximum Gasteiger partial charge on any atom is 0.273 e. The van der Waals surface area contributed by atoms with E-state index >= 15 is 0 Å². The van der Waals surface area contributed by atoms with E-state index in [1.165, 1.54) is 0 Å². The minimum absolute atomic E-state index is 0.152. The lowest BCUT2D eigenvalue weighted by Gasteiger charge is -2.07. The molecule has 0 atom stereocenters. The van der Waals surface area contributed by atoms with E-state index in [1.54, 1.807) is 48.5 Å². The highest BCUT2D eigenvalue weighted by molar-refractivity contribution is 6.30. The van der Waals surface area contributed by atoms with Gasteiger partial charge in [-0.3, -0.25) is 19.5 Å².